The highest BCUT2D eigenvalue weighted by Gasteiger charge is 2.32. The van der Waals surface area contributed by atoms with Crippen LogP contribution in [-0.2, 0) is 13.0 Å². The van der Waals surface area contributed by atoms with Gasteiger partial charge in [-0.3, -0.25) is 0 Å². The second kappa shape index (κ2) is 11.4. The van der Waals surface area contributed by atoms with Crippen LogP contribution < -0.4 is 9.47 Å². The van der Waals surface area contributed by atoms with Crippen LogP contribution in [0.5, 0.6) is 11.6 Å². The maximum atomic E-state index is 10.9. The number of hydrogen-bond donors (Lipinski definition) is 1. The van der Waals surface area contributed by atoms with Gasteiger partial charge in [0.1, 0.15) is 24.6 Å². The maximum absolute atomic E-state index is 10.9. The van der Waals surface area contributed by atoms with Crippen LogP contribution in [0, 0.1) is 0 Å². The Morgan fingerprint density at radius 3 is 2.41 bits per heavy atom. The Morgan fingerprint density at radius 2 is 1.71 bits per heavy atom. The Labute approximate surface area is 202 Å². The highest BCUT2D eigenvalue weighted by Crippen LogP contribution is 2.29. The van der Waals surface area contributed by atoms with Crippen molar-refractivity contribution in [3.05, 3.63) is 71.9 Å². The van der Waals surface area contributed by atoms with E-state index in [1.807, 2.05) is 36.4 Å². The third kappa shape index (κ3) is 6.55. The van der Waals surface area contributed by atoms with Crippen molar-refractivity contribution in [1.82, 2.24) is 15.1 Å². The number of aromatic nitrogens is 2. The van der Waals surface area contributed by atoms with E-state index in [1.165, 1.54) is 0 Å². The van der Waals surface area contributed by atoms with Gasteiger partial charge in [0.15, 0.2) is 0 Å². The van der Waals surface area contributed by atoms with E-state index in [4.69, 9.17) is 9.47 Å². The Kier molecular flexibility index (Phi) is 8.14. The first-order valence-electron chi connectivity index (χ1n) is 12.2. The van der Waals surface area contributed by atoms with Gasteiger partial charge < -0.3 is 19.5 Å². The molecule has 4 rings (SSSR count). The van der Waals surface area contributed by atoms with Crippen LogP contribution in [0.25, 0.3) is 11.1 Å². The Morgan fingerprint density at radius 1 is 0.971 bits per heavy atom. The number of rotatable bonds is 10. The van der Waals surface area contributed by atoms with E-state index >= 15 is 0 Å². The number of ether oxygens (including phenoxy) is 2. The second-order valence-electron chi connectivity index (χ2n) is 9.26. The van der Waals surface area contributed by atoms with Crippen LogP contribution >= 0.6 is 0 Å². The van der Waals surface area contributed by atoms with Crippen LogP contribution in [0.2, 0.25) is 0 Å². The van der Waals surface area contributed by atoms with Crippen LogP contribution in [0.3, 0.4) is 0 Å². The average molecular weight is 462 g/mol. The summed E-state index contributed by atoms with van der Waals surface area (Å²) in [6.45, 7) is 4.67. The molecule has 2 aromatic carbocycles. The summed E-state index contributed by atoms with van der Waals surface area (Å²) in [5.41, 5.74) is 3.36. The van der Waals surface area contributed by atoms with E-state index in [2.05, 4.69) is 53.3 Å². The van der Waals surface area contributed by atoms with Gasteiger partial charge in [-0.1, -0.05) is 55.8 Å². The van der Waals surface area contributed by atoms with Crippen LogP contribution in [0.4, 0.5) is 0 Å². The van der Waals surface area contributed by atoms with E-state index in [0.29, 0.717) is 25.3 Å². The molecule has 0 spiro atoms. The van der Waals surface area contributed by atoms with Gasteiger partial charge in [-0.15, -0.1) is 5.10 Å². The first-order valence-corrected chi connectivity index (χ1v) is 12.2. The average Bonchev–Trinajstić information content (AvgIpc) is 2.88. The van der Waals surface area contributed by atoms with Gasteiger partial charge in [0.05, 0.1) is 5.69 Å². The normalized spacial score (nSPS) is 15.7. The molecule has 1 fully saturated rings. The minimum atomic E-state index is -0.813. The van der Waals surface area contributed by atoms with E-state index in [-0.39, 0.29) is 6.61 Å². The number of unbranched alkanes of at least 4 members (excludes halogenated alkanes) is 1. The molecule has 1 aliphatic heterocycles. The van der Waals surface area contributed by atoms with E-state index in [1.54, 1.807) is 0 Å². The predicted octanol–water partition coefficient (Wildman–Crippen LogP) is 4.90. The fraction of sp³-hybridized carbons (Fsp3) is 0.429. The molecule has 0 bridgehead atoms. The Bertz CT molecular complexity index is 1030. The van der Waals surface area contributed by atoms with Crippen LogP contribution in [0.15, 0.2) is 60.7 Å². The molecular weight excluding hydrogens is 426 g/mol. The van der Waals surface area contributed by atoms with Crippen molar-refractivity contribution in [2.45, 2.75) is 51.2 Å². The van der Waals surface area contributed by atoms with Crippen LogP contribution in [-0.4, -0.2) is 52.5 Å². The molecule has 2 heterocycles. The van der Waals surface area contributed by atoms with Gasteiger partial charge in [0.25, 0.3) is 0 Å². The van der Waals surface area contributed by atoms with Crippen molar-refractivity contribution >= 4 is 0 Å². The monoisotopic (exact) mass is 461 g/mol. The number of hydrogen-bond acceptors (Lipinski definition) is 6. The highest BCUT2D eigenvalue weighted by molar-refractivity contribution is 5.67. The van der Waals surface area contributed by atoms with Gasteiger partial charge in [-0.05, 0) is 56.0 Å². The Balaban J connectivity index is 1.47. The lowest BCUT2D eigenvalue weighted by Gasteiger charge is -2.35. The molecule has 180 valence electrons. The summed E-state index contributed by atoms with van der Waals surface area (Å²) >= 11 is 0. The third-order valence-corrected chi connectivity index (χ3v) is 6.44. The smallest absolute Gasteiger partial charge is 0.234 e. The second-order valence-corrected chi connectivity index (χ2v) is 9.26. The fourth-order valence-electron chi connectivity index (χ4n) is 4.11. The standard InChI is InChI=1S/C28H35N3O3/c1-3-4-10-26-25(19-27(30-29-26)34-21-28(32)15-17-31(2)18-16-28)23-11-13-24(14-12-23)33-20-22-8-6-5-7-9-22/h5-9,11-14,19,32H,3-4,10,15-18,20-21H2,1-2H3. The number of aliphatic hydroxyl groups is 1. The molecule has 0 aliphatic carbocycles. The lowest BCUT2D eigenvalue weighted by molar-refractivity contribution is -0.0493. The summed E-state index contributed by atoms with van der Waals surface area (Å²) in [4.78, 5) is 2.22. The molecule has 1 N–H and O–H groups in total. The molecule has 6 nitrogen and oxygen atoms in total. The third-order valence-electron chi connectivity index (χ3n) is 6.44. The quantitative estimate of drug-likeness (QED) is 0.463. The summed E-state index contributed by atoms with van der Waals surface area (Å²) in [6.07, 6.45) is 4.40. The first-order chi connectivity index (χ1) is 16.5. The lowest BCUT2D eigenvalue weighted by Crippen LogP contribution is -2.46. The zero-order chi connectivity index (χ0) is 23.8. The molecular formula is C28H35N3O3. The SMILES string of the molecule is CCCCc1nnc(OCC2(O)CCN(C)CC2)cc1-c1ccc(OCc2ccccc2)cc1. The van der Waals surface area contributed by atoms with E-state index in [0.717, 1.165) is 60.5 Å². The maximum Gasteiger partial charge on any atom is 0.234 e. The molecule has 0 unspecified atom stereocenters. The molecule has 1 aliphatic rings. The summed E-state index contributed by atoms with van der Waals surface area (Å²) in [6, 6.07) is 20.2. The lowest BCUT2D eigenvalue weighted by atomic mass is 9.93. The molecule has 6 heteroatoms. The summed E-state index contributed by atoms with van der Waals surface area (Å²) in [5.74, 6) is 1.28. The molecule has 0 saturated carbocycles. The van der Waals surface area contributed by atoms with Crippen molar-refractivity contribution < 1.29 is 14.6 Å². The number of likely N-dealkylation sites (tertiary alicyclic amines) is 1. The highest BCUT2D eigenvalue weighted by atomic mass is 16.5. The topological polar surface area (TPSA) is 67.7 Å². The van der Waals surface area contributed by atoms with E-state index in [9.17, 15) is 5.11 Å². The number of nitrogens with zero attached hydrogens (tertiary/aromatic N) is 3. The summed E-state index contributed by atoms with van der Waals surface area (Å²) in [5, 5.41) is 19.7. The molecule has 0 radical (unpaired) electrons. The predicted molar refractivity (Wildman–Crippen MR) is 134 cm³/mol. The minimum absolute atomic E-state index is 0.232. The number of aryl methyl sites for hydroxylation is 1. The molecule has 34 heavy (non-hydrogen) atoms. The van der Waals surface area contributed by atoms with Crippen molar-refractivity contribution in [3.8, 4) is 22.8 Å². The Hall–Kier alpha value is -2.96. The van der Waals surface area contributed by atoms with Gasteiger partial charge in [-0.2, -0.15) is 5.10 Å². The number of benzene rings is 2. The molecule has 1 saturated heterocycles. The largest absolute Gasteiger partial charge is 0.489 e. The zero-order valence-corrected chi connectivity index (χ0v) is 20.2. The van der Waals surface area contributed by atoms with Crippen molar-refractivity contribution in [2.75, 3.05) is 26.7 Å². The summed E-state index contributed by atoms with van der Waals surface area (Å²) < 4.78 is 11.9. The molecule has 3 aromatic rings. The van der Waals surface area contributed by atoms with Crippen molar-refractivity contribution in [1.29, 1.82) is 0 Å². The minimum Gasteiger partial charge on any atom is -0.489 e. The van der Waals surface area contributed by atoms with Crippen molar-refractivity contribution in [2.24, 2.45) is 0 Å². The zero-order valence-electron chi connectivity index (χ0n) is 20.2. The van der Waals surface area contributed by atoms with Crippen LogP contribution in [0.1, 0.15) is 43.9 Å². The molecule has 0 amide bonds. The van der Waals surface area contributed by atoms with Gasteiger partial charge in [0.2, 0.25) is 5.88 Å². The number of piperidine rings is 1. The van der Waals surface area contributed by atoms with Crippen molar-refractivity contribution in [3.63, 3.8) is 0 Å². The summed E-state index contributed by atoms with van der Waals surface area (Å²) in [7, 11) is 2.07. The first kappa shape index (κ1) is 24.2. The fourth-order valence-corrected chi connectivity index (χ4v) is 4.11. The van der Waals surface area contributed by atoms with Gasteiger partial charge in [-0.25, -0.2) is 0 Å². The molecule has 0 atom stereocenters. The van der Waals surface area contributed by atoms with E-state index < -0.39 is 5.60 Å². The van der Waals surface area contributed by atoms with Gasteiger partial charge >= 0.3 is 0 Å². The molecule has 1 aromatic heterocycles. The van der Waals surface area contributed by atoms with Gasteiger partial charge in [0, 0.05) is 24.7 Å².